The van der Waals surface area contributed by atoms with Crippen molar-refractivity contribution >= 4 is 11.9 Å². The van der Waals surface area contributed by atoms with Gasteiger partial charge in [0.05, 0.1) is 13.2 Å². The molecule has 0 bridgehead atoms. The Morgan fingerprint density at radius 3 is 2.60 bits per heavy atom. The summed E-state index contributed by atoms with van der Waals surface area (Å²) in [6, 6.07) is 1.84. The first-order chi connectivity index (χ1) is 12.3. The topological polar surface area (TPSA) is 75.1 Å². The summed E-state index contributed by atoms with van der Waals surface area (Å²) < 4.78 is 10.4. The Kier molecular flexibility index (Phi) is 9.00. The molecule has 8 nitrogen and oxygen atoms in total. The van der Waals surface area contributed by atoms with Crippen molar-refractivity contribution in [2.45, 2.75) is 13.3 Å². The summed E-state index contributed by atoms with van der Waals surface area (Å²) in [5, 5.41) is 3.38. The van der Waals surface area contributed by atoms with E-state index in [-0.39, 0.29) is 0 Å². The van der Waals surface area contributed by atoms with Crippen molar-refractivity contribution in [2.24, 2.45) is 4.99 Å². The van der Waals surface area contributed by atoms with E-state index in [1.165, 1.54) is 0 Å². The van der Waals surface area contributed by atoms with Gasteiger partial charge in [-0.3, -0.25) is 4.99 Å². The Bertz CT molecular complexity index is 491. The highest BCUT2D eigenvalue weighted by Gasteiger charge is 2.20. The van der Waals surface area contributed by atoms with Crippen LogP contribution in [0.5, 0.6) is 0 Å². The van der Waals surface area contributed by atoms with E-state index in [0.717, 1.165) is 57.6 Å². The molecule has 0 amide bonds. The van der Waals surface area contributed by atoms with E-state index in [1.807, 2.05) is 6.07 Å². The van der Waals surface area contributed by atoms with E-state index < -0.39 is 0 Å². The zero-order valence-electron chi connectivity index (χ0n) is 15.4. The molecule has 1 saturated heterocycles. The number of ether oxygens (including phenoxy) is 2. The van der Waals surface area contributed by atoms with E-state index in [1.54, 1.807) is 19.5 Å². The summed E-state index contributed by atoms with van der Waals surface area (Å²) in [6.07, 6.45) is 4.49. The van der Waals surface area contributed by atoms with Crippen molar-refractivity contribution in [3.63, 3.8) is 0 Å². The first-order valence-corrected chi connectivity index (χ1v) is 8.97. The number of hydrogen-bond donors (Lipinski definition) is 1. The van der Waals surface area contributed by atoms with Crippen LogP contribution in [0.3, 0.4) is 0 Å². The minimum absolute atomic E-state index is 0.640. The molecule has 0 unspecified atom stereocenters. The van der Waals surface area contributed by atoms with Crippen molar-refractivity contribution in [1.82, 2.24) is 20.2 Å². The van der Waals surface area contributed by atoms with Gasteiger partial charge in [0.2, 0.25) is 5.95 Å². The third-order valence-electron chi connectivity index (χ3n) is 3.89. The van der Waals surface area contributed by atoms with Crippen molar-refractivity contribution in [1.29, 1.82) is 0 Å². The molecule has 2 heterocycles. The van der Waals surface area contributed by atoms with Gasteiger partial charge >= 0.3 is 0 Å². The minimum Gasteiger partial charge on any atom is -0.382 e. The number of piperazine rings is 1. The Hall–Kier alpha value is -1.93. The number of anilines is 1. The minimum atomic E-state index is 0.640. The summed E-state index contributed by atoms with van der Waals surface area (Å²) in [5.74, 6) is 1.78. The molecule has 2 rings (SSSR count). The number of nitrogens with one attached hydrogen (secondary N) is 1. The molecule has 0 spiro atoms. The maximum Gasteiger partial charge on any atom is 0.225 e. The van der Waals surface area contributed by atoms with Crippen LogP contribution in [-0.4, -0.2) is 87.0 Å². The van der Waals surface area contributed by atoms with Crippen LogP contribution in [0, 0.1) is 0 Å². The SMILES string of the molecule is CCNC(=NCCCOCCOC)N1CCN(c2ncccn2)CC1. The number of guanidine groups is 1. The molecule has 140 valence electrons. The van der Waals surface area contributed by atoms with Gasteiger partial charge in [0.25, 0.3) is 0 Å². The lowest BCUT2D eigenvalue weighted by molar-refractivity contribution is 0.0702. The van der Waals surface area contributed by atoms with Gasteiger partial charge in [-0.15, -0.1) is 0 Å². The van der Waals surface area contributed by atoms with Crippen LogP contribution >= 0.6 is 0 Å². The van der Waals surface area contributed by atoms with Gasteiger partial charge in [-0.05, 0) is 19.4 Å². The smallest absolute Gasteiger partial charge is 0.225 e. The third-order valence-corrected chi connectivity index (χ3v) is 3.89. The van der Waals surface area contributed by atoms with Crippen LogP contribution in [-0.2, 0) is 9.47 Å². The predicted molar refractivity (Wildman–Crippen MR) is 99.1 cm³/mol. The Balaban J connectivity index is 1.75. The lowest BCUT2D eigenvalue weighted by Gasteiger charge is -2.36. The second-order valence-electron chi connectivity index (χ2n) is 5.72. The van der Waals surface area contributed by atoms with Gasteiger partial charge in [0.15, 0.2) is 5.96 Å². The zero-order valence-corrected chi connectivity index (χ0v) is 15.4. The van der Waals surface area contributed by atoms with Crippen molar-refractivity contribution < 1.29 is 9.47 Å². The molecule has 1 aromatic rings. The van der Waals surface area contributed by atoms with E-state index in [2.05, 4.69) is 32.0 Å². The average Bonchev–Trinajstić information content (AvgIpc) is 2.67. The van der Waals surface area contributed by atoms with Crippen LogP contribution in [0.25, 0.3) is 0 Å². The molecule has 0 atom stereocenters. The fourth-order valence-corrected chi connectivity index (χ4v) is 2.59. The quantitative estimate of drug-likeness (QED) is 0.397. The number of hydrogen-bond acceptors (Lipinski definition) is 6. The lowest BCUT2D eigenvalue weighted by Crippen LogP contribution is -2.53. The number of methoxy groups -OCH3 is 1. The molecule has 0 saturated carbocycles. The summed E-state index contributed by atoms with van der Waals surface area (Å²) in [5.41, 5.74) is 0. The monoisotopic (exact) mass is 350 g/mol. The fourth-order valence-electron chi connectivity index (χ4n) is 2.59. The number of rotatable bonds is 9. The Labute approximate surface area is 150 Å². The standard InChI is InChI=1S/C17H30N6O2/c1-3-18-16(21-8-5-13-25-15-14-24-2)22-9-11-23(12-10-22)17-19-6-4-7-20-17/h4,6-7H,3,5,8-15H2,1-2H3,(H,18,21). The van der Waals surface area contributed by atoms with Crippen LogP contribution in [0.4, 0.5) is 5.95 Å². The zero-order chi connectivity index (χ0) is 17.7. The molecule has 1 aliphatic heterocycles. The third kappa shape index (κ3) is 6.83. The maximum absolute atomic E-state index is 5.48. The maximum atomic E-state index is 5.48. The molecule has 8 heteroatoms. The van der Waals surface area contributed by atoms with Crippen LogP contribution in [0.15, 0.2) is 23.5 Å². The molecule has 1 fully saturated rings. The van der Waals surface area contributed by atoms with Crippen LogP contribution in [0.1, 0.15) is 13.3 Å². The summed E-state index contributed by atoms with van der Waals surface area (Å²) >= 11 is 0. The summed E-state index contributed by atoms with van der Waals surface area (Å²) in [4.78, 5) is 17.9. The summed E-state index contributed by atoms with van der Waals surface area (Å²) in [6.45, 7) is 9.34. The molecular weight excluding hydrogens is 320 g/mol. The number of aromatic nitrogens is 2. The normalized spacial score (nSPS) is 15.5. The van der Waals surface area contributed by atoms with E-state index in [9.17, 15) is 0 Å². The molecular formula is C17H30N6O2. The predicted octanol–water partition coefficient (Wildman–Crippen LogP) is 0.617. The fraction of sp³-hybridized carbons (Fsp3) is 0.706. The Morgan fingerprint density at radius 2 is 1.92 bits per heavy atom. The molecule has 0 aliphatic carbocycles. The van der Waals surface area contributed by atoms with E-state index in [0.29, 0.717) is 19.8 Å². The first kappa shape index (κ1) is 19.4. The highest BCUT2D eigenvalue weighted by atomic mass is 16.5. The van der Waals surface area contributed by atoms with E-state index in [4.69, 9.17) is 14.5 Å². The van der Waals surface area contributed by atoms with Gasteiger partial charge in [-0.25, -0.2) is 9.97 Å². The number of aliphatic imine (C=N–C) groups is 1. The summed E-state index contributed by atoms with van der Waals surface area (Å²) in [7, 11) is 1.68. The average molecular weight is 350 g/mol. The first-order valence-electron chi connectivity index (χ1n) is 8.97. The van der Waals surface area contributed by atoms with Crippen molar-refractivity contribution in [3.05, 3.63) is 18.5 Å². The number of nitrogens with zero attached hydrogens (tertiary/aromatic N) is 5. The highest BCUT2D eigenvalue weighted by molar-refractivity contribution is 5.80. The molecule has 1 aliphatic rings. The van der Waals surface area contributed by atoms with Crippen molar-refractivity contribution in [2.75, 3.05) is 71.1 Å². The van der Waals surface area contributed by atoms with Gasteiger partial charge in [0, 0.05) is 65.4 Å². The Morgan fingerprint density at radius 1 is 1.16 bits per heavy atom. The highest BCUT2D eigenvalue weighted by Crippen LogP contribution is 2.09. The van der Waals surface area contributed by atoms with Crippen LogP contribution in [0.2, 0.25) is 0 Å². The van der Waals surface area contributed by atoms with Crippen molar-refractivity contribution in [3.8, 4) is 0 Å². The van der Waals surface area contributed by atoms with Gasteiger partial charge in [-0.1, -0.05) is 0 Å². The lowest BCUT2D eigenvalue weighted by atomic mass is 10.3. The second-order valence-corrected chi connectivity index (χ2v) is 5.72. The van der Waals surface area contributed by atoms with Gasteiger partial charge < -0.3 is 24.6 Å². The van der Waals surface area contributed by atoms with Gasteiger partial charge in [0.1, 0.15) is 0 Å². The van der Waals surface area contributed by atoms with Gasteiger partial charge in [-0.2, -0.15) is 0 Å². The largest absolute Gasteiger partial charge is 0.382 e. The molecule has 0 aromatic carbocycles. The molecule has 25 heavy (non-hydrogen) atoms. The molecule has 1 N–H and O–H groups in total. The molecule has 0 radical (unpaired) electrons. The van der Waals surface area contributed by atoms with Crippen LogP contribution < -0.4 is 10.2 Å². The second kappa shape index (κ2) is 11.6. The molecule has 1 aromatic heterocycles. The van der Waals surface area contributed by atoms with E-state index >= 15 is 0 Å².